The summed E-state index contributed by atoms with van der Waals surface area (Å²) in [7, 11) is 0. The van der Waals surface area contributed by atoms with Crippen LogP contribution >= 0.6 is 0 Å². The van der Waals surface area contributed by atoms with Crippen LogP contribution in [-0.4, -0.2) is 182 Å². The van der Waals surface area contributed by atoms with Gasteiger partial charge in [-0.3, -0.25) is 52.9 Å². The molecular weight excluding hydrogens is 1190 g/mol. The number of amides is 9. The molecule has 0 unspecified atom stereocenters. The van der Waals surface area contributed by atoms with Gasteiger partial charge in [-0.25, -0.2) is 4.79 Å². The highest BCUT2D eigenvalue weighted by Gasteiger charge is 2.37. The van der Waals surface area contributed by atoms with Gasteiger partial charge in [0.1, 0.15) is 59.8 Å². The fourth-order valence-corrected chi connectivity index (χ4v) is 9.25. The number of aromatic amines is 1. The predicted octanol–water partition coefficient (Wildman–Crippen LogP) is -2.88. The van der Waals surface area contributed by atoms with Crippen molar-refractivity contribution in [2.24, 2.45) is 33.8 Å². The maximum Gasteiger partial charge on any atom is 0.326 e. The SMILES string of the molecule is CC[C@H](C)[C@H](N)C(=O)NCC(=O)N[C@@H](Cc1c[nH]c2ccccc12)C(=O)N[C@@H](CCCCN)C(=O)N[C@@H](CC(=O)O)C(=O)N[C@@H](Cc1ccc(O)cc1)C(=O)N[C@H](C(=O)N[C@@H](C)C(=O)N[C@@H](Cc1ccc(O)cc1)C(=O)N[C@@H](CCCN=C(N)N)C(=O)O)[C@@H](C)O. The van der Waals surface area contributed by atoms with Crippen LogP contribution in [-0.2, 0) is 72.0 Å². The van der Waals surface area contributed by atoms with E-state index in [-0.39, 0.29) is 75.0 Å². The number of aliphatic imine (C=N–C) groups is 1. The Kier molecular flexibility index (Phi) is 29.6. The third kappa shape index (κ3) is 24.6. The number of carbonyl (C=O) groups excluding carboxylic acids is 9. The molecule has 11 atom stereocenters. The summed E-state index contributed by atoms with van der Waals surface area (Å²) in [5.74, 6) is -12.6. The molecule has 4 rings (SSSR count). The number of aliphatic carboxylic acids is 2. The third-order valence-electron chi connectivity index (χ3n) is 14.7. The number of carboxylic acid groups (broad SMARTS) is 2. The quantitative estimate of drug-likeness (QED) is 0.0122. The number of aliphatic hydroxyl groups is 1. The van der Waals surface area contributed by atoms with Gasteiger partial charge < -0.3 is 101 Å². The molecule has 0 fully saturated rings. The lowest BCUT2D eigenvalue weighted by atomic mass is 9.99. The van der Waals surface area contributed by atoms with Crippen LogP contribution < -0.4 is 70.8 Å². The summed E-state index contributed by atoms with van der Waals surface area (Å²) in [6.45, 7) is 5.58. The van der Waals surface area contributed by atoms with Crippen LogP contribution in [0, 0.1) is 5.92 Å². The number of nitrogens with one attached hydrogen (secondary N) is 10. The Labute approximate surface area is 524 Å². The third-order valence-corrected chi connectivity index (χ3v) is 14.7. The lowest BCUT2D eigenvalue weighted by Gasteiger charge is -2.28. The molecule has 9 amide bonds. The molecule has 23 N–H and O–H groups in total. The number of fused-ring (bicyclic) bond motifs is 1. The van der Waals surface area contributed by atoms with E-state index in [1.165, 1.54) is 55.5 Å². The largest absolute Gasteiger partial charge is 0.508 e. The maximum atomic E-state index is 14.4. The highest BCUT2D eigenvalue weighted by molar-refractivity contribution is 5.99. The number of hydrogen-bond acceptors (Lipinski definition) is 17. The number of hydrogen-bond donors (Lipinski definition) is 19. The fourth-order valence-electron chi connectivity index (χ4n) is 9.25. The number of para-hydroxylation sites is 1. The van der Waals surface area contributed by atoms with Crippen molar-refractivity contribution in [2.75, 3.05) is 19.6 Å². The number of carbonyl (C=O) groups is 11. The zero-order valence-corrected chi connectivity index (χ0v) is 51.0. The van der Waals surface area contributed by atoms with Crippen molar-refractivity contribution in [3.05, 3.63) is 95.7 Å². The number of aromatic hydroxyl groups is 2. The number of benzene rings is 3. The van der Waals surface area contributed by atoms with E-state index in [4.69, 9.17) is 22.9 Å². The van der Waals surface area contributed by atoms with E-state index in [9.17, 15) is 78.3 Å². The van der Waals surface area contributed by atoms with E-state index in [1.54, 1.807) is 37.4 Å². The Balaban J connectivity index is 1.58. The number of unbranched alkanes of at least 4 members (excludes halogenated alkanes) is 1. The molecule has 1 heterocycles. The van der Waals surface area contributed by atoms with Gasteiger partial charge in [-0.05, 0) is 105 Å². The number of rotatable bonds is 38. The first-order valence-electron chi connectivity index (χ1n) is 29.5. The van der Waals surface area contributed by atoms with E-state index in [0.29, 0.717) is 40.4 Å². The minimum atomic E-state index is -1.97. The smallest absolute Gasteiger partial charge is 0.326 e. The summed E-state index contributed by atoms with van der Waals surface area (Å²) in [5, 5.41) is 73.5. The summed E-state index contributed by atoms with van der Waals surface area (Å²) >= 11 is 0. The second kappa shape index (κ2) is 36.6. The van der Waals surface area contributed by atoms with Crippen LogP contribution in [0.15, 0.2) is 84.0 Å². The molecule has 91 heavy (non-hydrogen) atoms. The number of aliphatic hydroxyl groups excluding tert-OH is 1. The number of phenolic OH excluding ortho intramolecular Hbond substituents is 2. The molecule has 0 aliphatic heterocycles. The molecule has 3 aromatic carbocycles. The molecule has 0 saturated heterocycles. The van der Waals surface area contributed by atoms with Crippen LogP contribution in [0.1, 0.15) is 89.3 Å². The lowest BCUT2D eigenvalue weighted by molar-refractivity contribution is -0.142. The Hall–Kier alpha value is -9.88. The molecule has 0 radical (unpaired) electrons. The van der Waals surface area contributed by atoms with E-state index in [0.717, 1.165) is 6.92 Å². The average Bonchev–Trinajstić information content (AvgIpc) is 1.85. The average molecular weight is 1270 g/mol. The standard InChI is InChI=1S/C60H85N15O16/c1-5-31(2)49(62)57(88)67-30-47(79)69-45(27-36-29-66-40-12-7-6-11-39(36)40)54(85)70-41(13-8-9-23-61)52(83)74-46(28-48(80)81)55(86)73-44(26-35-17-21-38(78)22-18-35)56(87)75-50(33(4)76)58(89)68-32(3)51(82)72-43(25-34-15-19-37(77)20-16-34)53(84)71-42(59(90)91)14-10-24-65-60(63)64/h6-7,11-12,15-22,29,31-33,41-46,49-50,66,76-78H,5,8-10,13-14,23-28,30,61-62H2,1-4H3,(H,67,88)(H,68,89)(H,69,79)(H,70,85)(H,71,84)(H,72,82)(H,73,86)(H,74,83)(H,75,87)(H,80,81)(H,90,91)(H4,63,64,65)/t31-,32-,33+,41-,42-,43-,44-,45-,46-,49-,50-/m0/s1. The number of H-pyrrole nitrogens is 1. The minimum absolute atomic E-state index is 0.0474. The minimum Gasteiger partial charge on any atom is -0.508 e. The highest BCUT2D eigenvalue weighted by Crippen LogP contribution is 2.20. The van der Waals surface area contributed by atoms with E-state index in [1.807, 2.05) is 6.92 Å². The first kappa shape index (κ1) is 73.6. The Morgan fingerprint density at radius 3 is 1.63 bits per heavy atom. The Morgan fingerprint density at radius 1 is 0.571 bits per heavy atom. The van der Waals surface area contributed by atoms with E-state index in [2.05, 4.69) is 57.8 Å². The van der Waals surface area contributed by atoms with Crippen LogP contribution in [0.2, 0.25) is 0 Å². The molecule has 1 aromatic heterocycles. The molecule has 0 aliphatic rings. The van der Waals surface area contributed by atoms with E-state index >= 15 is 0 Å². The number of guanidine groups is 1. The Morgan fingerprint density at radius 2 is 1.08 bits per heavy atom. The monoisotopic (exact) mass is 1270 g/mol. The number of phenols is 2. The van der Waals surface area contributed by atoms with Crippen LogP contribution in [0.4, 0.5) is 0 Å². The van der Waals surface area contributed by atoms with Gasteiger partial charge in [-0.1, -0.05) is 62.7 Å². The molecular formula is C60H85N15O16. The number of nitrogens with zero attached hydrogens (tertiary/aromatic N) is 1. The first-order chi connectivity index (χ1) is 43.1. The van der Waals surface area contributed by atoms with Gasteiger partial charge in [-0.15, -0.1) is 0 Å². The molecule has 31 nitrogen and oxygen atoms in total. The van der Waals surface area contributed by atoms with Gasteiger partial charge in [-0.2, -0.15) is 0 Å². The van der Waals surface area contributed by atoms with Crippen molar-refractivity contribution >= 4 is 82.0 Å². The zero-order chi connectivity index (χ0) is 67.5. The first-order valence-corrected chi connectivity index (χ1v) is 29.5. The van der Waals surface area contributed by atoms with Crippen molar-refractivity contribution in [1.82, 2.24) is 52.8 Å². The fraction of sp³-hybridized carbons (Fsp3) is 0.467. The molecule has 0 spiro atoms. The molecule has 0 aliphatic carbocycles. The summed E-state index contributed by atoms with van der Waals surface area (Å²) in [4.78, 5) is 157. The lowest BCUT2D eigenvalue weighted by Crippen LogP contribution is -2.62. The summed E-state index contributed by atoms with van der Waals surface area (Å²) < 4.78 is 0. The highest BCUT2D eigenvalue weighted by atomic mass is 16.4. The van der Waals surface area contributed by atoms with Crippen LogP contribution in [0.5, 0.6) is 11.5 Å². The normalized spacial score (nSPS) is 14.7. The second-order valence-corrected chi connectivity index (χ2v) is 22.0. The molecule has 0 bridgehead atoms. The van der Waals surface area contributed by atoms with Gasteiger partial charge in [0.25, 0.3) is 0 Å². The number of nitrogens with two attached hydrogens (primary N) is 4. The van der Waals surface area contributed by atoms with Crippen LogP contribution in [0.3, 0.4) is 0 Å². The predicted molar refractivity (Wildman–Crippen MR) is 332 cm³/mol. The van der Waals surface area contributed by atoms with Crippen molar-refractivity contribution in [2.45, 2.75) is 152 Å². The van der Waals surface area contributed by atoms with E-state index < -0.39 is 145 Å². The van der Waals surface area contributed by atoms with Gasteiger partial charge in [0.15, 0.2) is 5.96 Å². The summed E-state index contributed by atoms with van der Waals surface area (Å²) in [6, 6.07) is 4.05. The zero-order valence-electron chi connectivity index (χ0n) is 51.0. The van der Waals surface area contributed by atoms with Crippen molar-refractivity contribution < 1.29 is 78.3 Å². The summed E-state index contributed by atoms with van der Waals surface area (Å²) in [5.41, 5.74) is 24.5. The van der Waals surface area contributed by atoms with Crippen molar-refractivity contribution in [1.29, 1.82) is 0 Å². The number of aromatic nitrogens is 1. The molecule has 31 heteroatoms. The van der Waals surface area contributed by atoms with Gasteiger partial charge in [0.2, 0.25) is 53.2 Å². The topological polar surface area (TPSA) is 529 Å². The summed E-state index contributed by atoms with van der Waals surface area (Å²) in [6.07, 6.45) is -0.900. The van der Waals surface area contributed by atoms with Crippen LogP contribution in [0.25, 0.3) is 10.9 Å². The van der Waals surface area contributed by atoms with Gasteiger partial charge in [0.05, 0.1) is 25.1 Å². The van der Waals surface area contributed by atoms with Gasteiger partial charge >= 0.3 is 11.9 Å². The van der Waals surface area contributed by atoms with Crippen molar-refractivity contribution in [3.8, 4) is 11.5 Å². The molecule has 4 aromatic rings. The molecule has 496 valence electrons. The Bertz CT molecular complexity index is 3170. The van der Waals surface area contributed by atoms with Crippen molar-refractivity contribution in [3.63, 3.8) is 0 Å². The number of carboxylic acids is 2. The van der Waals surface area contributed by atoms with Gasteiger partial charge in [0, 0.05) is 42.9 Å². The molecule has 0 saturated carbocycles. The maximum absolute atomic E-state index is 14.4. The second-order valence-electron chi connectivity index (χ2n) is 22.0.